The molecule has 6 rings (SSSR count). The molecule has 9 nitrogen and oxygen atoms in total. The van der Waals surface area contributed by atoms with Crippen LogP contribution in [0.1, 0.15) is 81.8 Å². The van der Waals surface area contributed by atoms with Crippen molar-refractivity contribution in [3.63, 3.8) is 0 Å². The molecule has 48 heavy (non-hydrogen) atoms. The maximum absolute atomic E-state index is 13.5. The first kappa shape index (κ1) is 34.3. The maximum Gasteiger partial charge on any atom is 0.236 e. The number of carbonyl (C=O) groups excluding carboxylic acids is 2. The third-order valence-corrected chi connectivity index (χ3v) is 11.1. The van der Waals surface area contributed by atoms with Crippen LogP contribution in [0.5, 0.6) is 11.5 Å². The number of carbonyl (C=O) groups is 2. The molecule has 0 radical (unpaired) electrons. The zero-order chi connectivity index (χ0) is 33.8. The Bertz CT molecular complexity index is 1570. The number of H-pyrrole nitrogens is 1. The summed E-state index contributed by atoms with van der Waals surface area (Å²) in [6.45, 7) is 9.80. The van der Waals surface area contributed by atoms with E-state index in [9.17, 15) is 14.7 Å². The summed E-state index contributed by atoms with van der Waals surface area (Å²) in [4.78, 5) is 36.7. The number of piperidine rings is 3. The summed E-state index contributed by atoms with van der Waals surface area (Å²) in [5.74, 6) is 3.12. The molecular weight excluding hydrogens is 604 g/mol. The highest BCUT2D eigenvalue weighted by molar-refractivity contribution is 5.92. The van der Waals surface area contributed by atoms with E-state index < -0.39 is 0 Å². The number of nitrogens with one attached hydrogen (secondary N) is 1. The number of ether oxygens (including phenoxy) is 2. The second-order valence-electron chi connectivity index (χ2n) is 14.5. The van der Waals surface area contributed by atoms with Gasteiger partial charge in [-0.1, -0.05) is 19.9 Å². The molecule has 3 aliphatic heterocycles. The van der Waals surface area contributed by atoms with Gasteiger partial charge in [-0.15, -0.1) is 0 Å². The smallest absolute Gasteiger partial charge is 0.236 e. The second kappa shape index (κ2) is 15.3. The van der Waals surface area contributed by atoms with E-state index in [0.717, 1.165) is 94.4 Å². The summed E-state index contributed by atoms with van der Waals surface area (Å²) in [6, 6.07) is 12.9. The number of nitrogens with zero attached hydrogens (tertiary/aromatic N) is 3. The Morgan fingerprint density at radius 1 is 0.896 bits per heavy atom. The Kier molecular flexibility index (Phi) is 11.0. The molecule has 2 aromatic carbocycles. The van der Waals surface area contributed by atoms with Crippen molar-refractivity contribution < 1.29 is 24.2 Å². The normalized spacial score (nSPS) is 20.1. The first-order valence-electron chi connectivity index (χ1n) is 18.1. The van der Waals surface area contributed by atoms with Gasteiger partial charge in [0, 0.05) is 55.8 Å². The molecular formula is C39H54N4O5. The number of methoxy groups -OCH3 is 2. The highest BCUT2D eigenvalue weighted by Gasteiger charge is 2.33. The number of fused-ring (bicyclic) bond motifs is 1. The number of hydrogen-bond donors (Lipinski definition) is 2. The van der Waals surface area contributed by atoms with Gasteiger partial charge in [0.2, 0.25) is 11.8 Å². The van der Waals surface area contributed by atoms with Crippen LogP contribution in [0.25, 0.3) is 22.2 Å². The lowest BCUT2D eigenvalue weighted by molar-refractivity contribution is -0.141. The number of hydrogen-bond acceptors (Lipinski definition) is 6. The fraction of sp³-hybridized carbons (Fsp3) is 0.590. The molecule has 1 unspecified atom stereocenters. The van der Waals surface area contributed by atoms with E-state index in [4.69, 9.17) is 9.47 Å². The van der Waals surface area contributed by atoms with Crippen LogP contribution in [0.2, 0.25) is 0 Å². The second-order valence-corrected chi connectivity index (χ2v) is 14.5. The summed E-state index contributed by atoms with van der Waals surface area (Å²) < 4.78 is 11.1. The number of rotatable bonds is 10. The zero-order valence-corrected chi connectivity index (χ0v) is 29.3. The fourth-order valence-electron chi connectivity index (χ4n) is 8.34. The summed E-state index contributed by atoms with van der Waals surface area (Å²) >= 11 is 0. The Balaban J connectivity index is 1.06. The van der Waals surface area contributed by atoms with Crippen molar-refractivity contribution in [2.24, 2.45) is 11.8 Å². The van der Waals surface area contributed by atoms with E-state index in [0.29, 0.717) is 42.3 Å². The van der Waals surface area contributed by atoms with Gasteiger partial charge < -0.3 is 29.4 Å². The van der Waals surface area contributed by atoms with E-state index in [-0.39, 0.29) is 24.3 Å². The van der Waals surface area contributed by atoms with Crippen molar-refractivity contribution in [1.82, 2.24) is 19.7 Å². The molecule has 2 amide bonds. The molecule has 0 bridgehead atoms. The number of benzene rings is 2. The number of aliphatic hydroxyl groups excluding tert-OH is 1. The third kappa shape index (κ3) is 7.37. The molecule has 1 aromatic heterocycles. The van der Waals surface area contributed by atoms with Gasteiger partial charge in [0.05, 0.1) is 32.4 Å². The van der Waals surface area contributed by atoms with E-state index >= 15 is 0 Å². The van der Waals surface area contributed by atoms with Crippen LogP contribution in [0.15, 0.2) is 36.4 Å². The van der Waals surface area contributed by atoms with Crippen molar-refractivity contribution in [1.29, 1.82) is 0 Å². The van der Waals surface area contributed by atoms with Gasteiger partial charge in [0.1, 0.15) is 0 Å². The highest BCUT2D eigenvalue weighted by atomic mass is 16.5. The minimum atomic E-state index is -0.0157. The highest BCUT2D eigenvalue weighted by Crippen LogP contribution is 2.40. The maximum atomic E-state index is 13.5. The molecule has 3 fully saturated rings. The predicted molar refractivity (Wildman–Crippen MR) is 190 cm³/mol. The molecule has 3 saturated heterocycles. The molecule has 0 saturated carbocycles. The van der Waals surface area contributed by atoms with Crippen LogP contribution in [0.3, 0.4) is 0 Å². The zero-order valence-electron chi connectivity index (χ0n) is 29.3. The standard InChI is InChI=1S/C39H54N4O5/c1-26(2)37-32-22-29(7-9-33(32)40-38(37)30-8-10-34(47-3)35(23-30)48-4)28-13-19-42(20-14-28)36(45)25-41-16-5-6-31(24-41)39(46)43-17-11-27(12-18-43)15-21-44/h7-10,22-23,26-28,31,40,44H,5-6,11-21,24-25H2,1-4H3. The van der Waals surface area contributed by atoms with Gasteiger partial charge in [-0.05, 0) is 111 Å². The molecule has 3 aliphatic rings. The minimum absolute atomic E-state index is 0.0157. The Morgan fingerprint density at radius 3 is 2.31 bits per heavy atom. The van der Waals surface area contributed by atoms with E-state index in [2.05, 4.69) is 48.0 Å². The lowest BCUT2D eigenvalue weighted by Crippen LogP contribution is -2.50. The Morgan fingerprint density at radius 2 is 1.62 bits per heavy atom. The van der Waals surface area contributed by atoms with Gasteiger partial charge in [-0.3, -0.25) is 14.5 Å². The molecule has 260 valence electrons. The van der Waals surface area contributed by atoms with Crippen LogP contribution < -0.4 is 9.47 Å². The third-order valence-electron chi connectivity index (χ3n) is 11.1. The number of aromatic amines is 1. The lowest BCUT2D eigenvalue weighted by atomic mass is 9.87. The summed E-state index contributed by atoms with van der Waals surface area (Å²) in [5.41, 5.74) is 5.96. The molecule has 0 spiro atoms. The van der Waals surface area contributed by atoms with Gasteiger partial charge in [-0.25, -0.2) is 0 Å². The van der Waals surface area contributed by atoms with Crippen LogP contribution in [-0.2, 0) is 9.59 Å². The monoisotopic (exact) mass is 658 g/mol. The van der Waals surface area contributed by atoms with Crippen molar-refractivity contribution in [2.75, 3.05) is 66.6 Å². The van der Waals surface area contributed by atoms with Crippen molar-refractivity contribution in [2.45, 2.75) is 70.6 Å². The Hall–Kier alpha value is -3.56. The molecule has 3 aromatic rings. The summed E-state index contributed by atoms with van der Waals surface area (Å²) in [6.07, 6.45) is 6.57. The van der Waals surface area contributed by atoms with Gasteiger partial charge >= 0.3 is 0 Å². The first-order valence-corrected chi connectivity index (χ1v) is 18.1. The van der Waals surface area contributed by atoms with Gasteiger partial charge in [0.25, 0.3) is 0 Å². The fourth-order valence-corrected chi connectivity index (χ4v) is 8.34. The molecule has 0 aliphatic carbocycles. The Labute approximate surface area is 285 Å². The molecule has 4 heterocycles. The predicted octanol–water partition coefficient (Wildman–Crippen LogP) is 6.01. The van der Waals surface area contributed by atoms with Crippen LogP contribution in [-0.4, -0.2) is 103 Å². The number of amides is 2. The molecule has 9 heteroatoms. The van der Waals surface area contributed by atoms with E-state index in [1.165, 1.54) is 16.5 Å². The van der Waals surface area contributed by atoms with Crippen molar-refractivity contribution in [3.05, 3.63) is 47.5 Å². The summed E-state index contributed by atoms with van der Waals surface area (Å²) in [7, 11) is 3.32. The van der Waals surface area contributed by atoms with Crippen molar-refractivity contribution in [3.8, 4) is 22.8 Å². The average molecular weight is 659 g/mol. The van der Waals surface area contributed by atoms with E-state index in [1.807, 2.05) is 21.9 Å². The first-order chi connectivity index (χ1) is 23.3. The SMILES string of the molecule is COc1ccc(-c2[nH]c3ccc(C4CCN(C(=O)CN5CCCC(C(=O)N6CCC(CCO)CC6)C5)CC4)cc3c2C(C)C)cc1OC. The van der Waals surface area contributed by atoms with Gasteiger partial charge in [-0.2, -0.15) is 0 Å². The van der Waals surface area contributed by atoms with Crippen molar-refractivity contribution >= 4 is 22.7 Å². The lowest BCUT2D eigenvalue weighted by Gasteiger charge is -2.38. The van der Waals surface area contributed by atoms with Crippen LogP contribution >= 0.6 is 0 Å². The average Bonchev–Trinajstić information content (AvgIpc) is 3.51. The molecule has 1 atom stereocenters. The summed E-state index contributed by atoms with van der Waals surface area (Å²) in [5, 5.41) is 10.5. The molecule has 2 N–H and O–H groups in total. The van der Waals surface area contributed by atoms with E-state index in [1.54, 1.807) is 14.2 Å². The number of aliphatic hydroxyl groups is 1. The topological polar surface area (TPSA) is 98.3 Å². The van der Waals surface area contributed by atoms with Crippen LogP contribution in [0, 0.1) is 11.8 Å². The largest absolute Gasteiger partial charge is 0.493 e. The van der Waals surface area contributed by atoms with Gasteiger partial charge in [0.15, 0.2) is 11.5 Å². The number of likely N-dealkylation sites (tertiary alicyclic amines) is 3. The minimum Gasteiger partial charge on any atom is -0.493 e. The number of aromatic nitrogens is 1. The van der Waals surface area contributed by atoms with Crippen LogP contribution in [0.4, 0.5) is 0 Å². The quantitative estimate of drug-likeness (QED) is 0.277.